The molecule has 0 amide bonds. The van der Waals surface area contributed by atoms with Crippen molar-refractivity contribution in [3.63, 3.8) is 0 Å². The maximum Gasteiger partial charge on any atom is 0.236 e. The first-order chi connectivity index (χ1) is 10.4. The number of para-hydroxylation sites is 1. The first-order valence-electron chi connectivity index (χ1n) is 6.94. The van der Waals surface area contributed by atoms with Crippen LogP contribution in [0, 0.1) is 0 Å². The fourth-order valence-electron chi connectivity index (χ4n) is 2.67. The molecule has 0 bridgehead atoms. The topological polar surface area (TPSA) is 63.8 Å². The average molecular weight is 278 g/mol. The predicted octanol–water partition coefficient (Wildman–Crippen LogP) is 2.61. The Morgan fingerprint density at radius 3 is 2.90 bits per heavy atom. The van der Waals surface area contributed by atoms with Gasteiger partial charge in [-0.15, -0.1) is 0 Å². The molecule has 1 aliphatic heterocycles. The minimum atomic E-state index is 0.139. The van der Waals surface area contributed by atoms with E-state index in [-0.39, 0.29) is 5.92 Å². The number of nitrogens with one attached hydrogen (secondary N) is 1. The number of fused-ring (bicyclic) bond motifs is 1. The van der Waals surface area contributed by atoms with Crippen LogP contribution in [0.3, 0.4) is 0 Å². The molecule has 1 unspecified atom stereocenters. The molecule has 4 rings (SSSR count). The van der Waals surface area contributed by atoms with E-state index in [1.54, 1.807) is 12.4 Å². The van der Waals surface area contributed by atoms with Crippen molar-refractivity contribution in [3.05, 3.63) is 71.6 Å². The van der Waals surface area contributed by atoms with Gasteiger partial charge < -0.3 is 9.84 Å². The molecule has 0 aliphatic carbocycles. The van der Waals surface area contributed by atoms with Gasteiger partial charge in [0.2, 0.25) is 5.89 Å². The van der Waals surface area contributed by atoms with Gasteiger partial charge in [-0.1, -0.05) is 23.4 Å². The van der Waals surface area contributed by atoms with Crippen LogP contribution in [0.15, 0.2) is 53.3 Å². The molecule has 5 heteroatoms. The number of hydrogen-bond acceptors (Lipinski definition) is 5. The van der Waals surface area contributed by atoms with Crippen molar-refractivity contribution in [1.82, 2.24) is 15.1 Å². The lowest BCUT2D eigenvalue weighted by molar-refractivity contribution is 0.366. The summed E-state index contributed by atoms with van der Waals surface area (Å²) in [6.45, 7) is 0.802. The zero-order chi connectivity index (χ0) is 14.1. The van der Waals surface area contributed by atoms with Crippen LogP contribution in [0.4, 0.5) is 5.69 Å². The Bertz CT molecular complexity index is 754. The first-order valence-corrected chi connectivity index (χ1v) is 6.94. The quantitative estimate of drug-likeness (QED) is 0.798. The molecular weight excluding hydrogens is 264 g/mol. The summed E-state index contributed by atoms with van der Waals surface area (Å²) in [5, 5.41) is 7.47. The summed E-state index contributed by atoms with van der Waals surface area (Å²) in [5.41, 5.74) is 3.50. The average Bonchev–Trinajstić information content (AvgIpc) is 3.14. The Labute approximate surface area is 122 Å². The zero-order valence-electron chi connectivity index (χ0n) is 11.4. The SMILES string of the molecule is c1ccc2c(c1)NCC2c1nc(Cc2ccncc2)no1. The van der Waals surface area contributed by atoms with Crippen molar-refractivity contribution in [1.29, 1.82) is 0 Å². The van der Waals surface area contributed by atoms with Crippen molar-refractivity contribution < 1.29 is 4.52 Å². The van der Waals surface area contributed by atoms with Crippen LogP contribution >= 0.6 is 0 Å². The number of rotatable bonds is 3. The van der Waals surface area contributed by atoms with Gasteiger partial charge in [0.05, 0.1) is 5.92 Å². The highest BCUT2D eigenvalue weighted by Crippen LogP contribution is 2.34. The number of hydrogen-bond donors (Lipinski definition) is 1. The van der Waals surface area contributed by atoms with E-state index < -0.39 is 0 Å². The Balaban J connectivity index is 1.58. The highest BCUT2D eigenvalue weighted by Gasteiger charge is 2.28. The smallest absolute Gasteiger partial charge is 0.236 e. The van der Waals surface area contributed by atoms with E-state index in [4.69, 9.17) is 4.52 Å². The summed E-state index contributed by atoms with van der Waals surface area (Å²) < 4.78 is 5.46. The molecule has 3 heterocycles. The standard InChI is InChI=1S/C16H14N4O/c1-2-4-14-12(3-1)13(10-18-14)16-19-15(20-21-16)9-11-5-7-17-8-6-11/h1-8,13,18H,9-10H2. The molecule has 0 saturated carbocycles. The number of aromatic nitrogens is 3. The van der Waals surface area contributed by atoms with E-state index in [1.807, 2.05) is 24.3 Å². The molecule has 1 aliphatic rings. The van der Waals surface area contributed by atoms with Gasteiger partial charge in [0, 0.05) is 31.0 Å². The molecule has 2 aromatic heterocycles. The molecule has 1 atom stereocenters. The Kier molecular flexibility index (Phi) is 2.88. The monoisotopic (exact) mass is 278 g/mol. The summed E-state index contributed by atoms with van der Waals surface area (Å²) >= 11 is 0. The molecule has 5 nitrogen and oxygen atoms in total. The summed E-state index contributed by atoms with van der Waals surface area (Å²) in [7, 11) is 0. The molecule has 0 spiro atoms. The minimum Gasteiger partial charge on any atom is -0.384 e. The van der Waals surface area contributed by atoms with Crippen LogP contribution in [0.25, 0.3) is 0 Å². The van der Waals surface area contributed by atoms with E-state index in [9.17, 15) is 0 Å². The summed E-state index contributed by atoms with van der Waals surface area (Å²) in [5.74, 6) is 1.52. The molecule has 104 valence electrons. The van der Waals surface area contributed by atoms with Gasteiger partial charge in [-0.05, 0) is 29.3 Å². The Hall–Kier alpha value is -2.69. The Morgan fingerprint density at radius 2 is 2.00 bits per heavy atom. The minimum absolute atomic E-state index is 0.139. The van der Waals surface area contributed by atoms with Gasteiger partial charge in [-0.25, -0.2) is 0 Å². The molecule has 0 saturated heterocycles. The van der Waals surface area contributed by atoms with Crippen LogP contribution in [-0.2, 0) is 6.42 Å². The van der Waals surface area contributed by atoms with Crippen LogP contribution in [0.1, 0.15) is 28.8 Å². The van der Waals surface area contributed by atoms with Gasteiger partial charge >= 0.3 is 0 Å². The fraction of sp³-hybridized carbons (Fsp3) is 0.188. The number of pyridine rings is 1. The van der Waals surface area contributed by atoms with Gasteiger partial charge in [0.25, 0.3) is 0 Å². The van der Waals surface area contributed by atoms with Gasteiger partial charge in [-0.3, -0.25) is 4.98 Å². The van der Waals surface area contributed by atoms with E-state index in [0.29, 0.717) is 18.1 Å². The zero-order valence-corrected chi connectivity index (χ0v) is 11.4. The van der Waals surface area contributed by atoms with Crippen LogP contribution in [0.2, 0.25) is 0 Å². The van der Waals surface area contributed by atoms with E-state index >= 15 is 0 Å². The van der Waals surface area contributed by atoms with E-state index in [0.717, 1.165) is 17.8 Å². The van der Waals surface area contributed by atoms with Crippen LogP contribution < -0.4 is 5.32 Å². The largest absolute Gasteiger partial charge is 0.384 e. The molecule has 0 radical (unpaired) electrons. The number of nitrogens with zero attached hydrogens (tertiary/aromatic N) is 3. The van der Waals surface area contributed by atoms with Crippen molar-refractivity contribution in [2.45, 2.75) is 12.3 Å². The molecule has 1 aromatic carbocycles. The van der Waals surface area contributed by atoms with Crippen LogP contribution in [0.5, 0.6) is 0 Å². The van der Waals surface area contributed by atoms with Crippen molar-refractivity contribution in [2.75, 3.05) is 11.9 Å². The number of anilines is 1. The molecular formula is C16H14N4O. The van der Waals surface area contributed by atoms with Crippen LogP contribution in [-0.4, -0.2) is 21.7 Å². The highest BCUT2D eigenvalue weighted by atomic mass is 16.5. The summed E-state index contributed by atoms with van der Waals surface area (Å²) in [6, 6.07) is 12.2. The van der Waals surface area contributed by atoms with Gasteiger partial charge in [-0.2, -0.15) is 4.98 Å². The Morgan fingerprint density at radius 1 is 1.14 bits per heavy atom. The third kappa shape index (κ3) is 2.27. The second-order valence-corrected chi connectivity index (χ2v) is 5.10. The summed E-state index contributed by atoms with van der Waals surface area (Å²) in [4.78, 5) is 8.56. The fourth-order valence-corrected chi connectivity index (χ4v) is 2.67. The van der Waals surface area contributed by atoms with Crippen molar-refractivity contribution in [3.8, 4) is 0 Å². The lowest BCUT2D eigenvalue weighted by Crippen LogP contribution is -2.04. The second kappa shape index (κ2) is 5.01. The van der Waals surface area contributed by atoms with Gasteiger partial charge in [0.15, 0.2) is 5.82 Å². The molecule has 3 aromatic rings. The highest BCUT2D eigenvalue weighted by molar-refractivity contribution is 5.59. The maximum atomic E-state index is 5.46. The third-order valence-corrected chi connectivity index (χ3v) is 3.73. The normalized spacial score (nSPS) is 16.5. The molecule has 0 fully saturated rings. The lowest BCUT2D eigenvalue weighted by Gasteiger charge is -2.03. The summed E-state index contributed by atoms with van der Waals surface area (Å²) in [6.07, 6.45) is 4.20. The maximum absolute atomic E-state index is 5.46. The third-order valence-electron chi connectivity index (χ3n) is 3.73. The van der Waals surface area contributed by atoms with E-state index in [2.05, 4.69) is 32.6 Å². The van der Waals surface area contributed by atoms with E-state index in [1.165, 1.54) is 5.56 Å². The predicted molar refractivity (Wildman–Crippen MR) is 78.1 cm³/mol. The second-order valence-electron chi connectivity index (χ2n) is 5.10. The number of benzene rings is 1. The van der Waals surface area contributed by atoms with Crippen molar-refractivity contribution >= 4 is 5.69 Å². The first kappa shape index (κ1) is 12.1. The van der Waals surface area contributed by atoms with Crippen molar-refractivity contribution in [2.24, 2.45) is 0 Å². The lowest BCUT2D eigenvalue weighted by atomic mass is 10.0. The molecule has 21 heavy (non-hydrogen) atoms. The molecule has 1 N–H and O–H groups in total. The van der Waals surface area contributed by atoms with Gasteiger partial charge in [0.1, 0.15) is 0 Å².